The molecule has 2 aromatic rings. The Bertz CT molecular complexity index is 651. The van der Waals surface area contributed by atoms with Gasteiger partial charge in [0.2, 0.25) is 5.95 Å². The number of anilines is 3. The van der Waals surface area contributed by atoms with E-state index in [9.17, 15) is 13.2 Å². The van der Waals surface area contributed by atoms with Crippen molar-refractivity contribution in [3.63, 3.8) is 0 Å². The van der Waals surface area contributed by atoms with Gasteiger partial charge in [-0.3, -0.25) is 0 Å². The molecule has 1 aromatic heterocycles. The zero-order valence-electron chi connectivity index (χ0n) is 12.3. The van der Waals surface area contributed by atoms with Crippen molar-refractivity contribution in [3.05, 3.63) is 42.1 Å². The number of rotatable bonds is 3. The molecular weight excluding hydrogens is 307 g/mol. The lowest BCUT2D eigenvalue weighted by molar-refractivity contribution is -0.137. The van der Waals surface area contributed by atoms with Crippen molar-refractivity contribution in [1.82, 2.24) is 15.3 Å². The lowest BCUT2D eigenvalue weighted by Crippen LogP contribution is -2.43. The molecule has 1 aromatic carbocycles. The molecule has 0 bridgehead atoms. The van der Waals surface area contributed by atoms with Crippen LogP contribution >= 0.6 is 0 Å². The lowest BCUT2D eigenvalue weighted by Gasteiger charge is -2.28. The first-order valence-electron chi connectivity index (χ1n) is 7.25. The van der Waals surface area contributed by atoms with E-state index in [1.165, 1.54) is 12.1 Å². The van der Waals surface area contributed by atoms with E-state index >= 15 is 0 Å². The van der Waals surface area contributed by atoms with Crippen LogP contribution in [0.15, 0.2) is 36.5 Å². The smallest absolute Gasteiger partial charge is 0.354 e. The topological polar surface area (TPSA) is 53.1 Å². The van der Waals surface area contributed by atoms with Gasteiger partial charge in [0, 0.05) is 38.1 Å². The SMILES string of the molecule is FC(F)(F)c1ccc(Nc2nccc(N3CCNCC3)n2)cc1. The first-order valence-corrected chi connectivity index (χ1v) is 7.25. The van der Waals surface area contributed by atoms with Crippen LogP contribution in [0.5, 0.6) is 0 Å². The van der Waals surface area contributed by atoms with Crippen LogP contribution in [-0.2, 0) is 6.18 Å². The van der Waals surface area contributed by atoms with Crippen molar-refractivity contribution in [2.75, 3.05) is 36.4 Å². The van der Waals surface area contributed by atoms with Gasteiger partial charge in [-0.2, -0.15) is 18.2 Å². The van der Waals surface area contributed by atoms with Crippen molar-refractivity contribution in [2.45, 2.75) is 6.18 Å². The van der Waals surface area contributed by atoms with Gasteiger partial charge in [-0.1, -0.05) is 0 Å². The molecule has 5 nitrogen and oxygen atoms in total. The Hall–Kier alpha value is -2.35. The Kier molecular flexibility index (Phi) is 4.33. The van der Waals surface area contributed by atoms with E-state index in [2.05, 4.69) is 25.5 Å². The first-order chi connectivity index (χ1) is 11.0. The fourth-order valence-corrected chi connectivity index (χ4v) is 2.35. The number of nitrogens with one attached hydrogen (secondary N) is 2. The zero-order chi connectivity index (χ0) is 16.3. The standard InChI is InChI=1S/C15H16F3N5/c16-15(17,18)11-1-3-12(4-2-11)21-14-20-6-5-13(22-14)23-9-7-19-8-10-23/h1-6,19H,7-10H2,(H,20,21,22). The minimum Gasteiger partial charge on any atom is -0.354 e. The average Bonchev–Trinajstić information content (AvgIpc) is 2.56. The quantitative estimate of drug-likeness (QED) is 0.909. The molecule has 122 valence electrons. The molecule has 3 rings (SSSR count). The van der Waals surface area contributed by atoms with Crippen molar-refractivity contribution in [1.29, 1.82) is 0 Å². The maximum atomic E-state index is 12.5. The summed E-state index contributed by atoms with van der Waals surface area (Å²) in [5.74, 6) is 1.16. The van der Waals surface area contributed by atoms with Crippen molar-refractivity contribution < 1.29 is 13.2 Å². The summed E-state index contributed by atoms with van der Waals surface area (Å²) in [7, 11) is 0. The molecule has 0 spiro atoms. The van der Waals surface area contributed by atoms with Crippen LogP contribution in [0.4, 0.5) is 30.6 Å². The van der Waals surface area contributed by atoms with Gasteiger partial charge in [0.05, 0.1) is 5.56 Å². The van der Waals surface area contributed by atoms with Gasteiger partial charge in [0.1, 0.15) is 5.82 Å². The molecule has 1 saturated heterocycles. The summed E-state index contributed by atoms with van der Waals surface area (Å²) in [5.41, 5.74) is -0.172. The molecule has 0 aliphatic carbocycles. The molecule has 1 fully saturated rings. The Morgan fingerprint density at radius 1 is 1.04 bits per heavy atom. The second-order valence-corrected chi connectivity index (χ2v) is 5.18. The molecule has 0 unspecified atom stereocenters. The van der Waals surface area contributed by atoms with Crippen LogP contribution < -0.4 is 15.5 Å². The van der Waals surface area contributed by atoms with Gasteiger partial charge < -0.3 is 15.5 Å². The van der Waals surface area contributed by atoms with E-state index < -0.39 is 11.7 Å². The van der Waals surface area contributed by atoms with Crippen molar-refractivity contribution in [2.24, 2.45) is 0 Å². The molecule has 23 heavy (non-hydrogen) atoms. The third kappa shape index (κ3) is 3.89. The van der Waals surface area contributed by atoms with Crippen LogP contribution in [0.3, 0.4) is 0 Å². The van der Waals surface area contributed by atoms with Crippen LogP contribution in [-0.4, -0.2) is 36.1 Å². The van der Waals surface area contributed by atoms with Gasteiger partial charge >= 0.3 is 6.18 Å². The molecule has 0 amide bonds. The summed E-state index contributed by atoms with van der Waals surface area (Å²) in [5, 5.41) is 6.19. The Morgan fingerprint density at radius 3 is 2.39 bits per heavy atom. The third-order valence-electron chi connectivity index (χ3n) is 3.55. The molecule has 2 N–H and O–H groups in total. The number of nitrogens with zero attached hydrogens (tertiary/aromatic N) is 3. The summed E-state index contributed by atoms with van der Waals surface area (Å²) >= 11 is 0. The summed E-state index contributed by atoms with van der Waals surface area (Å²) in [6.07, 6.45) is -2.70. The maximum absolute atomic E-state index is 12.5. The zero-order valence-corrected chi connectivity index (χ0v) is 12.3. The Labute approximate surface area is 131 Å². The van der Waals surface area contributed by atoms with E-state index in [1.807, 2.05) is 6.07 Å². The summed E-state index contributed by atoms with van der Waals surface area (Å²) in [4.78, 5) is 10.7. The van der Waals surface area contributed by atoms with E-state index in [0.29, 0.717) is 11.6 Å². The van der Waals surface area contributed by atoms with Crippen LogP contribution in [0, 0.1) is 0 Å². The molecule has 1 aliphatic heterocycles. The van der Waals surface area contributed by atoms with E-state index in [1.54, 1.807) is 6.20 Å². The number of hydrogen-bond donors (Lipinski definition) is 2. The highest BCUT2D eigenvalue weighted by molar-refractivity contribution is 5.55. The molecule has 0 atom stereocenters. The fourth-order valence-electron chi connectivity index (χ4n) is 2.35. The van der Waals surface area contributed by atoms with Gasteiger partial charge in [-0.15, -0.1) is 0 Å². The molecule has 0 saturated carbocycles. The van der Waals surface area contributed by atoms with Crippen molar-refractivity contribution in [3.8, 4) is 0 Å². The van der Waals surface area contributed by atoms with Gasteiger partial charge in [0.15, 0.2) is 0 Å². The number of alkyl halides is 3. The molecule has 2 heterocycles. The molecule has 8 heteroatoms. The van der Waals surface area contributed by atoms with Crippen LogP contribution in [0.1, 0.15) is 5.56 Å². The number of piperazine rings is 1. The monoisotopic (exact) mass is 323 g/mol. The number of hydrogen-bond acceptors (Lipinski definition) is 5. The van der Waals surface area contributed by atoms with E-state index in [-0.39, 0.29) is 0 Å². The second-order valence-electron chi connectivity index (χ2n) is 5.18. The highest BCUT2D eigenvalue weighted by Crippen LogP contribution is 2.30. The minimum atomic E-state index is -4.34. The predicted octanol–water partition coefficient (Wildman–Crippen LogP) is 2.65. The Morgan fingerprint density at radius 2 is 1.74 bits per heavy atom. The summed E-state index contributed by atoms with van der Waals surface area (Å²) in [6.45, 7) is 3.50. The third-order valence-corrected chi connectivity index (χ3v) is 3.55. The lowest BCUT2D eigenvalue weighted by atomic mass is 10.2. The van der Waals surface area contributed by atoms with Crippen LogP contribution in [0.25, 0.3) is 0 Å². The highest BCUT2D eigenvalue weighted by Gasteiger charge is 2.29. The summed E-state index contributed by atoms with van der Waals surface area (Å²) < 4.78 is 37.6. The van der Waals surface area contributed by atoms with Gasteiger partial charge in [-0.05, 0) is 30.3 Å². The van der Waals surface area contributed by atoms with Gasteiger partial charge in [0.25, 0.3) is 0 Å². The highest BCUT2D eigenvalue weighted by atomic mass is 19.4. The molecular formula is C15H16F3N5. The Balaban J connectivity index is 1.72. The molecule has 0 radical (unpaired) electrons. The normalized spacial score (nSPS) is 15.5. The fraction of sp³-hybridized carbons (Fsp3) is 0.333. The minimum absolute atomic E-state index is 0.362. The van der Waals surface area contributed by atoms with E-state index in [0.717, 1.165) is 44.1 Å². The van der Waals surface area contributed by atoms with E-state index in [4.69, 9.17) is 0 Å². The molecule has 1 aliphatic rings. The largest absolute Gasteiger partial charge is 0.416 e. The first kappa shape index (κ1) is 15.5. The second kappa shape index (κ2) is 6.41. The number of aromatic nitrogens is 2. The average molecular weight is 323 g/mol. The van der Waals surface area contributed by atoms with Gasteiger partial charge in [-0.25, -0.2) is 4.98 Å². The maximum Gasteiger partial charge on any atom is 0.416 e. The predicted molar refractivity (Wildman–Crippen MR) is 81.8 cm³/mol. The number of benzene rings is 1. The number of halogens is 3. The summed E-state index contributed by atoms with van der Waals surface area (Å²) in [6, 6.07) is 6.61. The van der Waals surface area contributed by atoms with Crippen LogP contribution in [0.2, 0.25) is 0 Å². The van der Waals surface area contributed by atoms with Crippen molar-refractivity contribution >= 4 is 17.5 Å².